The highest BCUT2D eigenvalue weighted by atomic mass is 16.2. The van der Waals surface area contributed by atoms with Gasteiger partial charge in [0.2, 0.25) is 0 Å². The summed E-state index contributed by atoms with van der Waals surface area (Å²) in [5.74, 6) is -0.518. The zero-order valence-corrected chi connectivity index (χ0v) is 18.7. The van der Waals surface area contributed by atoms with Crippen molar-refractivity contribution in [3.05, 3.63) is 101 Å². The van der Waals surface area contributed by atoms with Crippen LogP contribution in [0.1, 0.15) is 31.8 Å². The minimum absolute atomic E-state index is 0.256. The molecular formula is C29H22N2O2. The smallest absolute Gasteiger partial charge is 0.263 e. The number of carbonyl (C=O) groups is 2. The van der Waals surface area contributed by atoms with Crippen LogP contribution in [0.2, 0.25) is 0 Å². The summed E-state index contributed by atoms with van der Waals surface area (Å²) >= 11 is 0. The Balaban J connectivity index is 1.71. The quantitative estimate of drug-likeness (QED) is 0.309. The Kier molecular flexibility index (Phi) is 4.08. The van der Waals surface area contributed by atoms with Crippen LogP contribution in [0.15, 0.2) is 78.9 Å². The summed E-state index contributed by atoms with van der Waals surface area (Å²) in [7, 11) is 1.54. The molecule has 6 rings (SSSR count). The molecule has 4 aromatic carbocycles. The van der Waals surface area contributed by atoms with Crippen molar-refractivity contribution < 1.29 is 9.59 Å². The van der Waals surface area contributed by atoms with Crippen molar-refractivity contribution in [2.45, 2.75) is 13.8 Å². The van der Waals surface area contributed by atoms with Crippen LogP contribution in [-0.2, 0) is 0 Å². The van der Waals surface area contributed by atoms with Crippen LogP contribution < -0.4 is 0 Å². The highest BCUT2D eigenvalue weighted by Gasteiger charge is 2.35. The van der Waals surface area contributed by atoms with Gasteiger partial charge >= 0.3 is 0 Å². The maximum absolute atomic E-state index is 13.1. The van der Waals surface area contributed by atoms with Gasteiger partial charge in [0.25, 0.3) is 11.8 Å². The summed E-state index contributed by atoms with van der Waals surface area (Å²) < 4.78 is 2.12. The number of benzene rings is 4. The third-order valence-corrected chi connectivity index (χ3v) is 6.57. The van der Waals surface area contributed by atoms with E-state index in [-0.39, 0.29) is 11.8 Å². The Morgan fingerprint density at radius 3 is 2.15 bits per heavy atom. The molecule has 4 heteroatoms. The minimum Gasteiger partial charge on any atom is -0.308 e. The lowest BCUT2D eigenvalue weighted by molar-refractivity contribution is 0.0693. The van der Waals surface area contributed by atoms with Crippen LogP contribution in [0, 0.1) is 13.8 Å². The van der Waals surface area contributed by atoms with Crippen molar-refractivity contribution in [2.24, 2.45) is 0 Å². The molecule has 0 spiro atoms. The Labute approximate surface area is 191 Å². The van der Waals surface area contributed by atoms with Gasteiger partial charge in [-0.1, -0.05) is 65.7 Å². The third kappa shape index (κ3) is 2.77. The fourth-order valence-electron chi connectivity index (χ4n) is 5.12. The van der Waals surface area contributed by atoms with Gasteiger partial charge in [-0.3, -0.25) is 14.5 Å². The lowest BCUT2D eigenvalue weighted by atomic mass is 9.99. The van der Waals surface area contributed by atoms with E-state index < -0.39 is 0 Å². The SMILES string of the molecule is Cc1cc(C)cc(-c2ccc3c4ccccc4n(-c4cccc5c4C(=O)N(C)C5=O)c3c2)c1. The molecule has 0 atom stereocenters. The molecule has 1 aliphatic heterocycles. The summed E-state index contributed by atoms with van der Waals surface area (Å²) in [6.07, 6.45) is 0. The van der Waals surface area contributed by atoms with Crippen LogP contribution in [0.5, 0.6) is 0 Å². The van der Waals surface area contributed by atoms with E-state index in [1.165, 1.54) is 16.0 Å². The number of para-hydroxylation sites is 1. The van der Waals surface area contributed by atoms with Gasteiger partial charge in [0.1, 0.15) is 0 Å². The molecule has 0 saturated carbocycles. The number of imide groups is 1. The highest BCUT2D eigenvalue weighted by molar-refractivity contribution is 6.23. The number of hydrogen-bond acceptors (Lipinski definition) is 2. The summed E-state index contributed by atoms with van der Waals surface area (Å²) in [6.45, 7) is 4.22. The molecule has 1 aliphatic rings. The largest absolute Gasteiger partial charge is 0.308 e. The number of amides is 2. The fourth-order valence-corrected chi connectivity index (χ4v) is 5.12. The molecule has 0 bridgehead atoms. The first kappa shape index (κ1) is 19.5. The van der Waals surface area contributed by atoms with E-state index in [1.54, 1.807) is 13.1 Å². The molecule has 5 aromatic rings. The maximum Gasteiger partial charge on any atom is 0.263 e. The number of carbonyl (C=O) groups excluding carboxylic acids is 2. The Hall–Kier alpha value is -4.18. The van der Waals surface area contributed by atoms with Crippen molar-refractivity contribution in [3.8, 4) is 16.8 Å². The van der Waals surface area contributed by atoms with Crippen LogP contribution in [0.3, 0.4) is 0 Å². The van der Waals surface area contributed by atoms with Gasteiger partial charge in [-0.15, -0.1) is 0 Å². The Morgan fingerprint density at radius 1 is 0.636 bits per heavy atom. The van der Waals surface area contributed by atoms with E-state index in [4.69, 9.17) is 0 Å². The van der Waals surface area contributed by atoms with Crippen molar-refractivity contribution in [2.75, 3.05) is 7.05 Å². The van der Waals surface area contributed by atoms with Crippen LogP contribution >= 0.6 is 0 Å². The summed E-state index contributed by atoms with van der Waals surface area (Å²) in [5, 5.41) is 2.23. The van der Waals surface area contributed by atoms with Crippen LogP contribution in [0.4, 0.5) is 0 Å². The number of hydrogen-bond donors (Lipinski definition) is 0. The molecule has 0 fully saturated rings. The predicted octanol–water partition coefficient (Wildman–Crippen LogP) is 6.29. The van der Waals surface area contributed by atoms with Gasteiger partial charge in [-0.25, -0.2) is 0 Å². The molecule has 0 unspecified atom stereocenters. The molecule has 0 aliphatic carbocycles. The molecule has 0 saturated heterocycles. The first-order valence-electron chi connectivity index (χ1n) is 11.0. The fraction of sp³-hybridized carbons (Fsp3) is 0.103. The summed E-state index contributed by atoms with van der Waals surface area (Å²) in [6, 6.07) is 26.8. The van der Waals surface area contributed by atoms with E-state index in [2.05, 4.69) is 66.9 Å². The summed E-state index contributed by atoms with van der Waals surface area (Å²) in [4.78, 5) is 26.9. The number of aromatic nitrogens is 1. The van der Waals surface area contributed by atoms with Crippen molar-refractivity contribution >= 4 is 33.6 Å². The van der Waals surface area contributed by atoms with Crippen molar-refractivity contribution in [3.63, 3.8) is 0 Å². The highest BCUT2D eigenvalue weighted by Crippen LogP contribution is 2.37. The van der Waals surface area contributed by atoms with E-state index >= 15 is 0 Å². The molecule has 1 aromatic heterocycles. The zero-order chi connectivity index (χ0) is 22.9. The van der Waals surface area contributed by atoms with Crippen molar-refractivity contribution in [1.29, 1.82) is 0 Å². The number of nitrogens with zero attached hydrogens (tertiary/aromatic N) is 2. The molecule has 2 heterocycles. The van der Waals surface area contributed by atoms with Gasteiger partial charge < -0.3 is 4.57 Å². The summed E-state index contributed by atoms with van der Waals surface area (Å²) in [5.41, 5.74) is 8.39. The van der Waals surface area contributed by atoms with Crippen molar-refractivity contribution in [1.82, 2.24) is 9.47 Å². The molecule has 33 heavy (non-hydrogen) atoms. The van der Waals surface area contributed by atoms with Gasteiger partial charge in [-0.2, -0.15) is 0 Å². The second-order valence-electron chi connectivity index (χ2n) is 8.83. The van der Waals surface area contributed by atoms with Gasteiger partial charge in [0.15, 0.2) is 0 Å². The topological polar surface area (TPSA) is 42.3 Å². The van der Waals surface area contributed by atoms with E-state index in [9.17, 15) is 9.59 Å². The number of aryl methyl sites for hydroxylation is 2. The normalized spacial score (nSPS) is 13.4. The van der Waals surface area contributed by atoms with Crippen LogP contribution in [0.25, 0.3) is 38.6 Å². The Bertz CT molecular complexity index is 1620. The average molecular weight is 431 g/mol. The monoisotopic (exact) mass is 430 g/mol. The van der Waals surface area contributed by atoms with Gasteiger partial charge in [0, 0.05) is 17.8 Å². The molecule has 0 N–H and O–H groups in total. The lowest BCUT2D eigenvalue weighted by Crippen LogP contribution is -2.24. The van der Waals surface area contributed by atoms with Gasteiger partial charge in [-0.05, 0) is 49.2 Å². The molecule has 4 nitrogen and oxygen atoms in total. The lowest BCUT2D eigenvalue weighted by Gasteiger charge is -2.12. The maximum atomic E-state index is 13.1. The van der Waals surface area contributed by atoms with Gasteiger partial charge in [0.05, 0.1) is 27.8 Å². The molecule has 160 valence electrons. The van der Waals surface area contributed by atoms with E-state index in [0.717, 1.165) is 38.6 Å². The second kappa shape index (κ2) is 6.91. The Morgan fingerprint density at radius 2 is 1.36 bits per heavy atom. The van der Waals surface area contributed by atoms with E-state index in [1.807, 2.05) is 24.3 Å². The first-order valence-corrected chi connectivity index (χ1v) is 11.0. The molecular weight excluding hydrogens is 408 g/mol. The zero-order valence-electron chi connectivity index (χ0n) is 18.7. The number of fused-ring (bicyclic) bond motifs is 4. The second-order valence-corrected chi connectivity index (χ2v) is 8.83. The predicted molar refractivity (Wildman–Crippen MR) is 132 cm³/mol. The third-order valence-electron chi connectivity index (χ3n) is 6.57. The molecule has 2 amide bonds. The first-order chi connectivity index (χ1) is 15.9. The number of rotatable bonds is 2. The standard InChI is InChI=1S/C29H22N2O2/c1-17-13-18(2)15-20(14-17)19-11-12-22-21-7-4-5-9-24(21)31(26(22)16-19)25-10-6-8-23-27(25)29(33)30(3)28(23)32/h4-16H,1-3H3. The minimum atomic E-state index is -0.262. The van der Waals surface area contributed by atoms with Crippen LogP contribution in [-0.4, -0.2) is 28.3 Å². The molecule has 0 radical (unpaired) electrons. The average Bonchev–Trinajstić information content (AvgIpc) is 3.25. The van der Waals surface area contributed by atoms with E-state index in [0.29, 0.717) is 11.1 Å².